The Balaban J connectivity index is 2.29. The summed E-state index contributed by atoms with van der Waals surface area (Å²) in [4.78, 5) is 16.6. The Labute approximate surface area is 115 Å². The van der Waals surface area contributed by atoms with Gasteiger partial charge in [0.2, 0.25) is 0 Å². The zero-order valence-electron chi connectivity index (χ0n) is 10.9. The van der Waals surface area contributed by atoms with E-state index in [9.17, 15) is 9.90 Å². The molecule has 0 radical (unpaired) electrons. The maximum atomic E-state index is 12.1. The minimum Gasteiger partial charge on any atom is -0.507 e. The zero-order valence-corrected chi connectivity index (χ0v) is 11.8. The van der Waals surface area contributed by atoms with Gasteiger partial charge in [0.1, 0.15) is 10.6 Å². The molecule has 4 N–H and O–H groups in total. The second kappa shape index (κ2) is 4.89. The molecule has 0 saturated carbocycles. The number of nitrogens with zero attached hydrogens (tertiary/aromatic N) is 1. The van der Waals surface area contributed by atoms with Crippen molar-refractivity contribution >= 4 is 28.1 Å². The number of carbonyl (C=O) groups is 1. The standard InChI is InChI=1S/C13H15N3O2S/c1-6-4-5-9(7(2)10(6)17)16-12(18)11-8(3)15-13(14)19-11/h4-5,17H,1-3H3,(H2,14,15)(H,16,18). The third kappa shape index (κ3) is 2.53. The molecule has 0 unspecified atom stereocenters. The summed E-state index contributed by atoms with van der Waals surface area (Å²) in [6.45, 7) is 5.30. The van der Waals surface area contributed by atoms with Crippen LogP contribution in [0.4, 0.5) is 10.8 Å². The fourth-order valence-electron chi connectivity index (χ4n) is 1.78. The first-order valence-electron chi connectivity index (χ1n) is 5.73. The third-order valence-electron chi connectivity index (χ3n) is 2.90. The van der Waals surface area contributed by atoms with Crippen LogP contribution in [0.25, 0.3) is 0 Å². The molecule has 0 aliphatic carbocycles. The molecule has 0 aliphatic rings. The zero-order chi connectivity index (χ0) is 14.2. The van der Waals surface area contributed by atoms with Gasteiger partial charge in [-0.1, -0.05) is 17.4 Å². The first kappa shape index (κ1) is 13.4. The molecular weight excluding hydrogens is 262 g/mol. The van der Waals surface area contributed by atoms with Crippen molar-refractivity contribution in [1.82, 2.24) is 4.98 Å². The van der Waals surface area contributed by atoms with Gasteiger partial charge < -0.3 is 16.2 Å². The normalized spacial score (nSPS) is 10.5. The van der Waals surface area contributed by atoms with Crippen LogP contribution in [0.2, 0.25) is 0 Å². The smallest absolute Gasteiger partial charge is 0.267 e. The molecule has 19 heavy (non-hydrogen) atoms. The number of aryl methyl sites for hydroxylation is 2. The lowest BCUT2D eigenvalue weighted by Gasteiger charge is -2.10. The highest BCUT2D eigenvalue weighted by Gasteiger charge is 2.16. The number of anilines is 2. The number of nitrogens with one attached hydrogen (secondary N) is 1. The summed E-state index contributed by atoms with van der Waals surface area (Å²) in [6.07, 6.45) is 0. The van der Waals surface area contributed by atoms with Gasteiger partial charge in [0, 0.05) is 11.3 Å². The Hall–Kier alpha value is -2.08. The Morgan fingerprint density at radius 1 is 1.37 bits per heavy atom. The predicted molar refractivity (Wildman–Crippen MR) is 76.8 cm³/mol. The lowest BCUT2D eigenvalue weighted by atomic mass is 10.1. The van der Waals surface area contributed by atoms with Gasteiger partial charge in [-0.25, -0.2) is 4.98 Å². The van der Waals surface area contributed by atoms with Crippen LogP contribution in [0, 0.1) is 20.8 Å². The molecule has 0 fully saturated rings. The number of phenols is 1. The third-order valence-corrected chi connectivity index (χ3v) is 3.89. The van der Waals surface area contributed by atoms with Crippen LogP contribution in [0.15, 0.2) is 12.1 Å². The van der Waals surface area contributed by atoms with Crippen LogP contribution in [-0.4, -0.2) is 16.0 Å². The van der Waals surface area contributed by atoms with E-state index >= 15 is 0 Å². The Morgan fingerprint density at radius 3 is 2.63 bits per heavy atom. The van der Waals surface area contributed by atoms with Crippen molar-refractivity contribution in [2.24, 2.45) is 0 Å². The summed E-state index contributed by atoms with van der Waals surface area (Å²) < 4.78 is 0. The number of amides is 1. The largest absolute Gasteiger partial charge is 0.507 e. The molecule has 100 valence electrons. The highest BCUT2D eigenvalue weighted by atomic mass is 32.1. The number of aromatic hydroxyl groups is 1. The molecule has 1 aromatic carbocycles. The summed E-state index contributed by atoms with van der Waals surface area (Å²) in [7, 11) is 0. The van der Waals surface area contributed by atoms with E-state index < -0.39 is 0 Å². The number of benzene rings is 1. The van der Waals surface area contributed by atoms with E-state index in [-0.39, 0.29) is 11.7 Å². The van der Waals surface area contributed by atoms with Crippen molar-refractivity contribution in [3.8, 4) is 5.75 Å². The quantitative estimate of drug-likeness (QED) is 0.787. The molecule has 0 spiro atoms. The number of hydrogen-bond donors (Lipinski definition) is 3. The summed E-state index contributed by atoms with van der Waals surface area (Å²) >= 11 is 1.15. The van der Waals surface area contributed by atoms with Crippen LogP contribution < -0.4 is 11.1 Å². The molecular formula is C13H15N3O2S. The van der Waals surface area contributed by atoms with Gasteiger partial charge in [0.05, 0.1) is 5.69 Å². The number of phenolic OH excluding ortho intramolecular Hbond substituents is 1. The number of rotatable bonds is 2. The van der Waals surface area contributed by atoms with Gasteiger partial charge in [-0.2, -0.15) is 0 Å². The summed E-state index contributed by atoms with van der Waals surface area (Å²) in [6, 6.07) is 3.52. The second-order valence-electron chi connectivity index (χ2n) is 4.32. The van der Waals surface area contributed by atoms with E-state index in [2.05, 4.69) is 10.3 Å². The minimum absolute atomic E-state index is 0.193. The van der Waals surface area contributed by atoms with Crippen LogP contribution in [0.1, 0.15) is 26.5 Å². The van der Waals surface area contributed by atoms with Crippen molar-refractivity contribution < 1.29 is 9.90 Å². The fraction of sp³-hybridized carbons (Fsp3) is 0.231. The molecule has 0 saturated heterocycles. The summed E-state index contributed by atoms with van der Waals surface area (Å²) in [5.41, 5.74) is 8.17. The van der Waals surface area contributed by atoms with Crippen LogP contribution in [0.5, 0.6) is 5.75 Å². The maximum Gasteiger partial charge on any atom is 0.267 e. The van der Waals surface area contributed by atoms with Crippen LogP contribution >= 0.6 is 11.3 Å². The van der Waals surface area contributed by atoms with E-state index in [1.54, 1.807) is 26.0 Å². The van der Waals surface area contributed by atoms with E-state index in [1.807, 2.05) is 6.92 Å². The fourth-order valence-corrected chi connectivity index (χ4v) is 2.51. The molecule has 1 aromatic heterocycles. The van der Waals surface area contributed by atoms with Gasteiger partial charge >= 0.3 is 0 Å². The van der Waals surface area contributed by atoms with Crippen molar-refractivity contribution in [2.75, 3.05) is 11.1 Å². The molecule has 2 rings (SSSR count). The van der Waals surface area contributed by atoms with E-state index in [0.29, 0.717) is 27.0 Å². The number of carbonyl (C=O) groups excluding carboxylic acids is 1. The first-order chi connectivity index (χ1) is 8.90. The second-order valence-corrected chi connectivity index (χ2v) is 5.36. The lowest BCUT2D eigenvalue weighted by molar-refractivity contribution is 0.102. The molecule has 0 aliphatic heterocycles. The maximum absolute atomic E-state index is 12.1. The van der Waals surface area contributed by atoms with E-state index in [1.165, 1.54) is 0 Å². The number of nitrogen functional groups attached to an aromatic ring is 1. The topological polar surface area (TPSA) is 88.2 Å². The summed E-state index contributed by atoms with van der Waals surface area (Å²) in [5.74, 6) is -0.0728. The average molecular weight is 277 g/mol. The molecule has 2 aromatic rings. The average Bonchev–Trinajstić information content (AvgIpc) is 2.69. The van der Waals surface area contributed by atoms with Gasteiger partial charge in [-0.05, 0) is 32.4 Å². The van der Waals surface area contributed by atoms with E-state index in [0.717, 1.165) is 16.9 Å². The van der Waals surface area contributed by atoms with Gasteiger partial charge in [-0.15, -0.1) is 0 Å². The Bertz CT molecular complexity index is 650. The van der Waals surface area contributed by atoms with Gasteiger partial charge in [0.15, 0.2) is 5.13 Å². The predicted octanol–water partition coefficient (Wildman–Crippen LogP) is 2.61. The van der Waals surface area contributed by atoms with Crippen LogP contribution in [0.3, 0.4) is 0 Å². The molecule has 1 heterocycles. The minimum atomic E-state index is -0.266. The lowest BCUT2D eigenvalue weighted by Crippen LogP contribution is -2.12. The highest BCUT2D eigenvalue weighted by Crippen LogP contribution is 2.29. The number of aromatic nitrogens is 1. The monoisotopic (exact) mass is 277 g/mol. The molecule has 1 amide bonds. The van der Waals surface area contributed by atoms with Gasteiger partial charge in [0.25, 0.3) is 5.91 Å². The van der Waals surface area contributed by atoms with Crippen molar-refractivity contribution in [1.29, 1.82) is 0 Å². The Kier molecular flexibility index (Phi) is 3.44. The first-order valence-corrected chi connectivity index (χ1v) is 6.55. The van der Waals surface area contributed by atoms with Crippen molar-refractivity contribution in [3.63, 3.8) is 0 Å². The number of thiazole rings is 1. The molecule has 5 nitrogen and oxygen atoms in total. The Morgan fingerprint density at radius 2 is 2.05 bits per heavy atom. The summed E-state index contributed by atoms with van der Waals surface area (Å²) in [5, 5.41) is 13.0. The SMILES string of the molecule is Cc1ccc(NC(=O)c2sc(N)nc2C)c(C)c1O. The molecule has 0 atom stereocenters. The highest BCUT2D eigenvalue weighted by molar-refractivity contribution is 7.17. The van der Waals surface area contributed by atoms with Crippen molar-refractivity contribution in [2.45, 2.75) is 20.8 Å². The number of hydrogen-bond acceptors (Lipinski definition) is 5. The molecule has 6 heteroatoms. The molecule has 0 bridgehead atoms. The van der Waals surface area contributed by atoms with Crippen LogP contribution in [-0.2, 0) is 0 Å². The van der Waals surface area contributed by atoms with Gasteiger partial charge in [-0.3, -0.25) is 4.79 Å². The number of nitrogens with two attached hydrogens (primary N) is 1. The van der Waals surface area contributed by atoms with Crippen molar-refractivity contribution in [3.05, 3.63) is 33.8 Å². The van der Waals surface area contributed by atoms with E-state index in [4.69, 9.17) is 5.73 Å².